The summed E-state index contributed by atoms with van der Waals surface area (Å²) in [5.41, 5.74) is 0.663. The lowest BCUT2D eigenvalue weighted by molar-refractivity contribution is -0.138. The first-order valence-electron chi connectivity index (χ1n) is 7.33. The summed E-state index contributed by atoms with van der Waals surface area (Å²) in [6, 6.07) is 8.49. The molecule has 0 fully saturated rings. The van der Waals surface area contributed by atoms with Gasteiger partial charge >= 0.3 is 11.9 Å². The Bertz CT molecular complexity index is 891. The van der Waals surface area contributed by atoms with Gasteiger partial charge in [-0.05, 0) is 12.0 Å². The molecule has 0 aliphatic heterocycles. The Hall–Kier alpha value is -2.43. The minimum Gasteiger partial charge on any atom is -0.494 e. The summed E-state index contributed by atoms with van der Waals surface area (Å²) in [6.07, 6.45) is -0.0348. The molecule has 0 aliphatic rings. The van der Waals surface area contributed by atoms with Gasteiger partial charge in [0.1, 0.15) is 10.9 Å². The van der Waals surface area contributed by atoms with Crippen LogP contribution >= 0.6 is 11.3 Å². The van der Waals surface area contributed by atoms with Crippen molar-refractivity contribution in [1.29, 1.82) is 0 Å². The Kier molecular flexibility index (Phi) is 6.35. The fourth-order valence-electron chi connectivity index (χ4n) is 2.16. The maximum Gasteiger partial charge on any atom is 0.348 e. The molecule has 0 saturated carbocycles. The number of methoxy groups -OCH3 is 2. The second-order valence-electron chi connectivity index (χ2n) is 5.16. The van der Waals surface area contributed by atoms with E-state index >= 15 is 0 Å². The number of benzene rings is 1. The lowest BCUT2D eigenvalue weighted by Crippen LogP contribution is -2.42. The fourth-order valence-corrected chi connectivity index (χ4v) is 4.86. The minimum atomic E-state index is -4.23. The number of hydrogen-bond acceptors (Lipinski definition) is 7. The van der Waals surface area contributed by atoms with Crippen LogP contribution in [0.15, 0.2) is 40.6 Å². The number of carboxylic acid groups (broad SMARTS) is 1. The lowest BCUT2D eigenvalue weighted by Gasteiger charge is -2.14. The van der Waals surface area contributed by atoms with Gasteiger partial charge in [0.05, 0.1) is 14.2 Å². The largest absolute Gasteiger partial charge is 0.494 e. The van der Waals surface area contributed by atoms with Gasteiger partial charge < -0.3 is 14.6 Å². The van der Waals surface area contributed by atoms with Crippen LogP contribution in [0.3, 0.4) is 0 Å². The molecule has 0 bridgehead atoms. The smallest absolute Gasteiger partial charge is 0.348 e. The zero-order valence-corrected chi connectivity index (χ0v) is 15.6. The van der Waals surface area contributed by atoms with E-state index in [1.807, 2.05) is 0 Å². The van der Waals surface area contributed by atoms with Crippen LogP contribution in [0.25, 0.3) is 0 Å². The molecule has 8 nitrogen and oxygen atoms in total. The Labute approximate surface area is 154 Å². The van der Waals surface area contributed by atoms with Crippen molar-refractivity contribution in [2.24, 2.45) is 0 Å². The van der Waals surface area contributed by atoms with Crippen molar-refractivity contribution in [3.05, 3.63) is 46.8 Å². The average molecular weight is 399 g/mol. The van der Waals surface area contributed by atoms with Crippen molar-refractivity contribution in [3.63, 3.8) is 0 Å². The Morgan fingerprint density at radius 2 is 1.88 bits per heavy atom. The monoisotopic (exact) mass is 399 g/mol. The van der Waals surface area contributed by atoms with Crippen LogP contribution in [-0.4, -0.2) is 45.7 Å². The number of carbonyl (C=O) groups is 2. The predicted octanol–water partition coefficient (Wildman–Crippen LogP) is 1.52. The Morgan fingerprint density at radius 1 is 1.23 bits per heavy atom. The van der Waals surface area contributed by atoms with Crippen LogP contribution in [0.4, 0.5) is 0 Å². The van der Waals surface area contributed by atoms with Gasteiger partial charge in [-0.2, -0.15) is 4.72 Å². The highest BCUT2D eigenvalue weighted by atomic mass is 32.2. The van der Waals surface area contributed by atoms with E-state index in [4.69, 9.17) is 4.74 Å². The summed E-state index contributed by atoms with van der Waals surface area (Å²) in [6.45, 7) is 0. The van der Waals surface area contributed by atoms with E-state index in [9.17, 15) is 23.1 Å². The summed E-state index contributed by atoms with van der Waals surface area (Å²) < 4.78 is 36.7. The van der Waals surface area contributed by atoms with Crippen molar-refractivity contribution in [2.45, 2.75) is 16.7 Å². The number of ether oxygens (including phenoxy) is 2. The third-order valence-electron chi connectivity index (χ3n) is 3.39. The SMILES string of the molecule is COC(=O)c1cc(OC)c(S(=O)(=O)N[C@H](Cc2ccccc2)C(=O)O)s1. The van der Waals surface area contributed by atoms with Gasteiger partial charge in [-0.15, -0.1) is 11.3 Å². The molecule has 1 atom stereocenters. The molecule has 2 aromatic rings. The molecular weight excluding hydrogens is 382 g/mol. The number of nitrogens with one attached hydrogen (secondary N) is 1. The highest BCUT2D eigenvalue weighted by Gasteiger charge is 2.31. The van der Waals surface area contributed by atoms with Crippen molar-refractivity contribution < 1.29 is 32.6 Å². The predicted molar refractivity (Wildman–Crippen MR) is 94.1 cm³/mol. The van der Waals surface area contributed by atoms with Gasteiger partial charge in [0.25, 0.3) is 10.0 Å². The maximum atomic E-state index is 12.6. The topological polar surface area (TPSA) is 119 Å². The van der Waals surface area contributed by atoms with Crippen LogP contribution in [0.5, 0.6) is 5.75 Å². The van der Waals surface area contributed by atoms with Crippen molar-refractivity contribution in [1.82, 2.24) is 4.72 Å². The number of carboxylic acids is 1. The Balaban J connectivity index is 2.32. The highest BCUT2D eigenvalue weighted by Crippen LogP contribution is 2.34. The van der Waals surface area contributed by atoms with E-state index in [2.05, 4.69) is 9.46 Å². The molecule has 0 radical (unpaired) electrons. The quantitative estimate of drug-likeness (QED) is 0.646. The van der Waals surface area contributed by atoms with Gasteiger partial charge in [0, 0.05) is 6.07 Å². The normalized spacial score (nSPS) is 12.4. The average Bonchev–Trinajstić information content (AvgIpc) is 3.06. The molecule has 1 aromatic carbocycles. The minimum absolute atomic E-state index is 0.0275. The van der Waals surface area contributed by atoms with Gasteiger partial charge in [-0.3, -0.25) is 4.79 Å². The van der Waals surface area contributed by atoms with Crippen LogP contribution < -0.4 is 9.46 Å². The molecule has 140 valence electrons. The van der Waals surface area contributed by atoms with Gasteiger partial charge in [-0.25, -0.2) is 13.2 Å². The van der Waals surface area contributed by atoms with Gasteiger partial charge in [0.2, 0.25) is 0 Å². The van der Waals surface area contributed by atoms with Crippen molar-refractivity contribution >= 4 is 33.3 Å². The van der Waals surface area contributed by atoms with E-state index in [0.29, 0.717) is 16.9 Å². The van der Waals surface area contributed by atoms with E-state index in [0.717, 1.165) is 0 Å². The molecule has 2 rings (SSSR count). The van der Waals surface area contributed by atoms with Crippen molar-refractivity contribution in [3.8, 4) is 5.75 Å². The molecule has 0 saturated heterocycles. The number of thiophene rings is 1. The summed E-state index contributed by atoms with van der Waals surface area (Å²) in [7, 11) is -1.81. The molecule has 2 N–H and O–H groups in total. The number of carbonyl (C=O) groups excluding carboxylic acids is 1. The maximum absolute atomic E-state index is 12.6. The molecule has 0 amide bonds. The number of rotatable bonds is 8. The third kappa shape index (κ3) is 4.59. The standard InChI is InChI=1S/C16H17NO7S2/c1-23-12-9-13(15(20)24-2)25-16(12)26(21,22)17-11(14(18)19)8-10-6-4-3-5-7-10/h3-7,9,11,17H,8H2,1-2H3,(H,18,19)/t11-/m1/s1. The number of aliphatic carboxylic acids is 1. The van der Waals surface area contributed by atoms with Gasteiger partial charge in [0.15, 0.2) is 9.96 Å². The first-order chi connectivity index (χ1) is 12.3. The molecule has 0 aliphatic carbocycles. The van der Waals surface area contributed by atoms with E-state index in [-0.39, 0.29) is 21.3 Å². The number of esters is 1. The van der Waals surface area contributed by atoms with Crippen LogP contribution in [0, 0.1) is 0 Å². The molecule has 1 aromatic heterocycles. The second kappa shape index (κ2) is 8.30. The van der Waals surface area contributed by atoms with Gasteiger partial charge in [-0.1, -0.05) is 30.3 Å². The third-order valence-corrected chi connectivity index (χ3v) is 6.48. The molecule has 0 unspecified atom stereocenters. The molecule has 26 heavy (non-hydrogen) atoms. The van der Waals surface area contributed by atoms with Crippen LogP contribution in [0.1, 0.15) is 15.2 Å². The fraction of sp³-hybridized carbons (Fsp3) is 0.250. The van der Waals surface area contributed by atoms with E-state index in [1.54, 1.807) is 30.3 Å². The molecule has 10 heteroatoms. The van der Waals surface area contributed by atoms with Crippen LogP contribution in [0.2, 0.25) is 0 Å². The zero-order valence-electron chi connectivity index (χ0n) is 14.0. The highest BCUT2D eigenvalue weighted by molar-refractivity contribution is 7.91. The molecular formula is C16H17NO7S2. The number of hydrogen-bond donors (Lipinski definition) is 2. The summed E-state index contributed by atoms with van der Waals surface area (Å²) in [5.74, 6) is -2.10. The van der Waals surface area contributed by atoms with E-state index in [1.165, 1.54) is 20.3 Å². The summed E-state index contributed by atoms with van der Waals surface area (Å²) >= 11 is 0.641. The Morgan fingerprint density at radius 3 is 2.42 bits per heavy atom. The lowest BCUT2D eigenvalue weighted by atomic mass is 10.1. The molecule has 1 heterocycles. The van der Waals surface area contributed by atoms with Crippen LogP contribution in [-0.2, 0) is 26.0 Å². The van der Waals surface area contributed by atoms with Crippen molar-refractivity contribution in [2.75, 3.05) is 14.2 Å². The molecule has 0 spiro atoms. The second-order valence-corrected chi connectivity index (χ2v) is 8.12. The first kappa shape index (κ1) is 19.9. The summed E-state index contributed by atoms with van der Waals surface area (Å²) in [5, 5.41) is 9.37. The first-order valence-corrected chi connectivity index (χ1v) is 9.63. The summed E-state index contributed by atoms with van der Waals surface area (Å²) in [4.78, 5) is 23.1. The zero-order chi connectivity index (χ0) is 19.3. The number of sulfonamides is 1. The van der Waals surface area contributed by atoms with E-state index < -0.39 is 28.0 Å².